The molecule has 12 heavy (non-hydrogen) atoms. The van der Waals surface area contributed by atoms with Crippen LogP contribution in [0.4, 0.5) is 0 Å². The molecule has 1 aromatic rings. The number of benzene rings is 1. The lowest BCUT2D eigenvalue weighted by atomic mass is 10.1. The zero-order valence-corrected chi connectivity index (χ0v) is 8.82. The molecule has 0 radical (unpaired) electrons. The molecule has 2 unspecified atom stereocenters. The maximum absolute atomic E-state index is 6.17. The van der Waals surface area contributed by atoms with E-state index in [1.807, 2.05) is 6.07 Å². The fourth-order valence-corrected chi connectivity index (χ4v) is 3.35. The molecule has 0 spiro atoms. The van der Waals surface area contributed by atoms with E-state index in [4.69, 9.17) is 11.6 Å². The summed E-state index contributed by atoms with van der Waals surface area (Å²) in [6.45, 7) is 0. The zero-order chi connectivity index (χ0) is 8.29. The highest BCUT2D eigenvalue weighted by molar-refractivity contribution is 9.10. The Labute approximate surface area is 85.1 Å². The van der Waals surface area contributed by atoms with E-state index in [1.54, 1.807) is 0 Å². The van der Waals surface area contributed by atoms with Gasteiger partial charge in [-0.25, -0.2) is 0 Å². The van der Waals surface area contributed by atoms with Crippen LogP contribution in [0.2, 0.25) is 5.02 Å². The Morgan fingerprint density at radius 1 is 1.42 bits per heavy atom. The number of hydrogen-bond donors (Lipinski definition) is 0. The second-order valence-corrected chi connectivity index (χ2v) is 5.09. The first-order valence-electron chi connectivity index (χ1n) is 4.23. The Bertz CT molecular complexity index is 359. The Morgan fingerprint density at radius 3 is 3.08 bits per heavy atom. The lowest BCUT2D eigenvalue weighted by Gasteiger charge is -2.05. The fraction of sp³-hybridized carbons (Fsp3) is 0.400. The molecule has 0 bridgehead atoms. The third kappa shape index (κ3) is 0.898. The average Bonchev–Trinajstić information content (AvgIpc) is 2.60. The van der Waals surface area contributed by atoms with Gasteiger partial charge >= 0.3 is 0 Å². The summed E-state index contributed by atoms with van der Waals surface area (Å²) in [5, 5.41) is 0.962. The van der Waals surface area contributed by atoms with Gasteiger partial charge in [0.05, 0.1) is 0 Å². The van der Waals surface area contributed by atoms with Crippen molar-refractivity contribution < 1.29 is 0 Å². The van der Waals surface area contributed by atoms with Gasteiger partial charge in [0.25, 0.3) is 0 Å². The minimum absolute atomic E-state index is 0.806. The molecule has 2 heteroatoms. The second-order valence-electron chi connectivity index (χ2n) is 3.77. The maximum Gasteiger partial charge on any atom is 0.0454 e. The maximum atomic E-state index is 6.17. The molecule has 0 aliphatic heterocycles. The fourth-order valence-electron chi connectivity index (χ4n) is 2.33. The van der Waals surface area contributed by atoms with Crippen LogP contribution in [0.1, 0.15) is 23.5 Å². The molecule has 1 aromatic carbocycles. The smallest absolute Gasteiger partial charge is 0.0454 e. The van der Waals surface area contributed by atoms with Crippen molar-refractivity contribution in [1.29, 1.82) is 0 Å². The predicted octanol–water partition coefficient (Wildman–Crippen LogP) is 3.76. The number of rotatable bonds is 0. The van der Waals surface area contributed by atoms with E-state index < -0.39 is 0 Å². The molecule has 2 aliphatic rings. The van der Waals surface area contributed by atoms with Crippen molar-refractivity contribution in [2.45, 2.75) is 18.8 Å². The molecule has 3 rings (SSSR count). The van der Waals surface area contributed by atoms with Crippen LogP contribution in [0, 0.1) is 5.92 Å². The summed E-state index contributed by atoms with van der Waals surface area (Å²) in [7, 11) is 0. The molecule has 2 aliphatic carbocycles. The molecule has 2 atom stereocenters. The SMILES string of the molecule is Clc1cc(Br)cc2c1C1CC1C2. The number of hydrogen-bond acceptors (Lipinski definition) is 0. The van der Waals surface area contributed by atoms with Crippen LogP contribution in [0.25, 0.3) is 0 Å². The van der Waals surface area contributed by atoms with Crippen LogP contribution >= 0.6 is 27.5 Å². The molecule has 0 aromatic heterocycles. The average molecular weight is 244 g/mol. The van der Waals surface area contributed by atoms with Gasteiger partial charge in [0.2, 0.25) is 0 Å². The van der Waals surface area contributed by atoms with Gasteiger partial charge in [0.15, 0.2) is 0 Å². The minimum atomic E-state index is 0.806. The monoisotopic (exact) mass is 242 g/mol. The highest BCUT2D eigenvalue weighted by Crippen LogP contribution is 2.58. The van der Waals surface area contributed by atoms with E-state index in [9.17, 15) is 0 Å². The standard InChI is InChI=1S/C10H8BrCl/c11-7-2-6-1-5-3-8(5)10(6)9(12)4-7/h2,4-5,8H,1,3H2. The quantitative estimate of drug-likeness (QED) is 0.651. The highest BCUT2D eigenvalue weighted by Gasteiger charge is 2.46. The number of fused-ring (bicyclic) bond motifs is 3. The highest BCUT2D eigenvalue weighted by atomic mass is 79.9. The van der Waals surface area contributed by atoms with Crippen molar-refractivity contribution in [2.75, 3.05) is 0 Å². The Kier molecular flexibility index (Phi) is 1.40. The first-order chi connectivity index (χ1) is 5.75. The second kappa shape index (κ2) is 2.27. The summed E-state index contributed by atoms with van der Waals surface area (Å²) in [4.78, 5) is 0. The molecular weight excluding hydrogens is 235 g/mol. The van der Waals surface area contributed by atoms with Crippen molar-refractivity contribution in [3.63, 3.8) is 0 Å². The Hall–Kier alpha value is -0.0100. The summed E-state index contributed by atoms with van der Waals surface area (Å²) in [6, 6.07) is 4.23. The van der Waals surface area contributed by atoms with Gasteiger partial charge in [-0.3, -0.25) is 0 Å². The van der Waals surface area contributed by atoms with E-state index >= 15 is 0 Å². The van der Waals surface area contributed by atoms with Crippen LogP contribution in [0.3, 0.4) is 0 Å². The van der Waals surface area contributed by atoms with Crippen LogP contribution in [-0.4, -0.2) is 0 Å². The summed E-state index contributed by atoms with van der Waals surface area (Å²) in [5.74, 6) is 1.73. The topological polar surface area (TPSA) is 0 Å². The van der Waals surface area contributed by atoms with Crippen LogP contribution < -0.4 is 0 Å². The zero-order valence-electron chi connectivity index (χ0n) is 6.48. The molecule has 0 N–H and O–H groups in total. The molecule has 0 saturated heterocycles. The van der Waals surface area contributed by atoms with E-state index in [0.29, 0.717) is 0 Å². The Balaban J connectivity index is 2.24. The molecular formula is C10H8BrCl. The van der Waals surface area contributed by atoms with Gasteiger partial charge in [-0.2, -0.15) is 0 Å². The normalized spacial score (nSPS) is 29.8. The molecule has 1 fully saturated rings. The lowest BCUT2D eigenvalue weighted by molar-refractivity contribution is 0.856. The van der Waals surface area contributed by atoms with Crippen LogP contribution in [0.15, 0.2) is 16.6 Å². The minimum Gasteiger partial charge on any atom is -0.0840 e. The van der Waals surface area contributed by atoms with Crippen LogP contribution in [-0.2, 0) is 6.42 Å². The van der Waals surface area contributed by atoms with E-state index in [2.05, 4.69) is 22.0 Å². The molecule has 1 saturated carbocycles. The van der Waals surface area contributed by atoms with Crippen molar-refractivity contribution in [3.8, 4) is 0 Å². The van der Waals surface area contributed by atoms with Crippen molar-refractivity contribution >= 4 is 27.5 Å². The van der Waals surface area contributed by atoms with Gasteiger partial charge in [0, 0.05) is 9.50 Å². The summed E-state index contributed by atoms with van der Waals surface area (Å²) in [6.07, 6.45) is 2.62. The third-order valence-corrected chi connectivity index (χ3v) is 3.73. The van der Waals surface area contributed by atoms with Crippen LogP contribution in [0.5, 0.6) is 0 Å². The van der Waals surface area contributed by atoms with Gasteiger partial charge < -0.3 is 0 Å². The van der Waals surface area contributed by atoms with Gasteiger partial charge in [-0.05, 0) is 47.9 Å². The van der Waals surface area contributed by atoms with Gasteiger partial charge in [0.1, 0.15) is 0 Å². The summed E-state index contributed by atoms with van der Waals surface area (Å²) >= 11 is 9.63. The molecule has 0 amide bonds. The summed E-state index contributed by atoms with van der Waals surface area (Å²) in [5.41, 5.74) is 2.90. The summed E-state index contributed by atoms with van der Waals surface area (Å²) < 4.78 is 1.12. The lowest BCUT2D eigenvalue weighted by Crippen LogP contribution is -1.87. The van der Waals surface area contributed by atoms with E-state index in [0.717, 1.165) is 21.3 Å². The molecule has 0 heterocycles. The third-order valence-electron chi connectivity index (χ3n) is 2.96. The van der Waals surface area contributed by atoms with Crippen molar-refractivity contribution in [2.24, 2.45) is 5.92 Å². The molecule has 62 valence electrons. The van der Waals surface area contributed by atoms with Crippen molar-refractivity contribution in [1.82, 2.24) is 0 Å². The van der Waals surface area contributed by atoms with Crippen molar-refractivity contribution in [3.05, 3.63) is 32.8 Å². The number of halogens is 2. The molecule has 0 nitrogen and oxygen atoms in total. The van der Waals surface area contributed by atoms with Gasteiger partial charge in [-0.1, -0.05) is 27.5 Å². The Morgan fingerprint density at radius 2 is 2.25 bits per heavy atom. The first-order valence-corrected chi connectivity index (χ1v) is 5.40. The predicted molar refractivity (Wildman–Crippen MR) is 53.7 cm³/mol. The van der Waals surface area contributed by atoms with E-state index in [-0.39, 0.29) is 0 Å². The first kappa shape index (κ1) is 7.40. The largest absolute Gasteiger partial charge is 0.0840 e. The van der Waals surface area contributed by atoms with E-state index in [1.165, 1.54) is 24.0 Å². The van der Waals surface area contributed by atoms with Gasteiger partial charge in [-0.15, -0.1) is 0 Å².